The van der Waals surface area contributed by atoms with Gasteiger partial charge < -0.3 is 9.88 Å². The van der Waals surface area contributed by atoms with Crippen molar-refractivity contribution in [2.24, 2.45) is 14.1 Å². The fraction of sp³-hybridized carbons (Fsp3) is 0.375. The molecule has 0 radical (unpaired) electrons. The van der Waals surface area contributed by atoms with Crippen LogP contribution < -0.4 is 5.32 Å². The molecule has 0 atom stereocenters. The first-order valence-electron chi connectivity index (χ1n) is 7.50. The molecule has 2 aromatic heterocycles. The van der Waals surface area contributed by atoms with Crippen molar-refractivity contribution in [1.29, 1.82) is 0 Å². The van der Waals surface area contributed by atoms with Crippen LogP contribution in [0.3, 0.4) is 0 Å². The minimum atomic E-state index is -0.246. The summed E-state index contributed by atoms with van der Waals surface area (Å²) in [7, 11) is 3.86. The second-order valence-electron chi connectivity index (χ2n) is 5.93. The summed E-state index contributed by atoms with van der Waals surface area (Å²) in [6.07, 6.45) is 4.48. The van der Waals surface area contributed by atoms with Crippen molar-refractivity contribution in [3.8, 4) is 0 Å². The summed E-state index contributed by atoms with van der Waals surface area (Å²) in [4.78, 5) is 4.53. The number of hydrogen-bond acceptors (Lipinski definition) is 3. The molecule has 1 N–H and O–H groups in total. The summed E-state index contributed by atoms with van der Waals surface area (Å²) in [5.74, 6) is 1.16. The molecular formula is C16H18FN5. The van der Waals surface area contributed by atoms with Gasteiger partial charge in [-0.1, -0.05) is 0 Å². The first kappa shape index (κ1) is 13.3. The van der Waals surface area contributed by atoms with Gasteiger partial charge in [0.2, 0.25) is 5.95 Å². The first-order chi connectivity index (χ1) is 10.6. The normalized spacial score (nSPS) is 14.7. The second kappa shape index (κ2) is 4.83. The molecule has 0 aliphatic heterocycles. The van der Waals surface area contributed by atoms with E-state index in [1.54, 1.807) is 6.07 Å². The third kappa shape index (κ3) is 2.15. The maximum absolute atomic E-state index is 13.4. The number of nitrogens with one attached hydrogen (secondary N) is 1. The number of imidazole rings is 1. The van der Waals surface area contributed by atoms with Gasteiger partial charge in [-0.2, -0.15) is 5.10 Å². The number of halogens is 1. The number of hydrogen-bond donors (Lipinski definition) is 1. The third-order valence-corrected chi connectivity index (χ3v) is 4.37. The van der Waals surface area contributed by atoms with E-state index in [4.69, 9.17) is 0 Å². The highest BCUT2D eigenvalue weighted by atomic mass is 19.1. The van der Waals surface area contributed by atoms with E-state index in [-0.39, 0.29) is 5.82 Å². The molecule has 6 heteroatoms. The van der Waals surface area contributed by atoms with Crippen LogP contribution in [-0.2, 0) is 20.6 Å². The molecular weight excluding hydrogens is 281 g/mol. The zero-order chi connectivity index (χ0) is 15.3. The van der Waals surface area contributed by atoms with Gasteiger partial charge in [-0.3, -0.25) is 4.68 Å². The van der Waals surface area contributed by atoms with E-state index >= 15 is 0 Å². The Labute approximate surface area is 127 Å². The van der Waals surface area contributed by atoms with Gasteiger partial charge in [0, 0.05) is 14.1 Å². The van der Waals surface area contributed by atoms with Gasteiger partial charge in [-0.25, -0.2) is 9.37 Å². The van der Waals surface area contributed by atoms with Crippen molar-refractivity contribution in [1.82, 2.24) is 19.3 Å². The van der Waals surface area contributed by atoms with Gasteiger partial charge >= 0.3 is 0 Å². The van der Waals surface area contributed by atoms with Crippen LogP contribution in [0.2, 0.25) is 0 Å². The molecule has 0 bridgehead atoms. The molecule has 2 heterocycles. The highest BCUT2D eigenvalue weighted by Crippen LogP contribution is 2.41. The largest absolute Gasteiger partial charge is 0.350 e. The van der Waals surface area contributed by atoms with Gasteiger partial charge in [0.15, 0.2) is 0 Å². The fourth-order valence-corrected chi connectivity index (χ4v) is 2.92. The summed E-state index contributed by atoms with van der Waals surface area (Å²) in [5.41, 5.74) is 4.11. The SMILES string of the molecule is Cn1ncc(C2CC2)c1CNc1nc2ccc(F)cc2n1C. The summed E-state index contributed by atoms with van der Waals surface area (Å²) < 4.78 is 17.2. The van der Waals surface area contributed by atoms with Gasteiger partial charge in [-0.05, 0) is 42.5 Å². The molecule has 114 valence electrons. The van der Waals surface area contributed by atoms with E-state index in [0.29, 0.717) is 12.5 Å². The van der Waals surface area contributed by atoms with E-state index in [0.717, 1.165) is 17.0 Å². The van der Waals surface area contributed by atoms with E-state index in [1.807, 2.05) is 29.5 Å². The van der Waals surface area contributed by atoms with Crippen LogP contribution in [0.4, 0.5) is 10.3 Å². The maximum Gasteiger partial charge on any atom is 0.203 e. The first-order valence-corrected chi connectivity index (χ1v) is 7.50. The van der Waals surface area contributed by atoms with Crippen LogP contribution in [0.25, 0.3) is 11.0 Å². The van der Waals surface area contributed by atoms with Crippen molar-refractivity contribution in [2.75, 3.05) is 5.32 Å². The monoisotopic (exact) mass is 299 g/mol. The van der Waals surface area contributed by atoms with Crippen molar-refractivity contribution in [3.05, 3.63) is 41.5 Å². The Bertz CT molecular complexity index is 844. The molecule has 0 amide bonds. The summed E-state index contributed by atoms with van der Waals surface area (Å²) in [6.45, 7) is 0.669. The lowest BCUT2D eigenvalue weighted by atomic mass is 10.1. The molecule has 1 aromatic carbocycles. The molecule has 1 fully saturated rings. The van der Waals surface area contributed by atoms with E-state index in [2.05, 4.69) is 15.4 Å². The molecule has 0 saturated heterocycles. The predicted molar refractivity (Wildman–Crippen MR) is 83.2 cm³/mol. The van der Waals surface area contributed by atoms with E-state index in [1.165, 1.54) is 36.2 Å². The summed E-state index contributed by atoms with van der Waals surface area (Å²) in [5, 5.41) is 7.72. The number of anilines is 1. The molecule has 0 unspecified atom stereocenters. The van der Waals surface area contributed by atoms with Gasteiger partial charge in [0.1, 0.15) is 5.82 Å². The maximum atomic E-state index is 13.4. The molecule has 5 nitrogen and oxygen atoms in total. The van der Waals surface area contributed by atoms with Gasteiger partial charge in [0.25, 0.3) is 0 Å². The van der Waals surface area contributed by atoms with Crippen LogP contribution in [0, 0.1) is 5.82 Å². The van der Waals surface area contributed by atoms with E-state index < -0.39 is 0 Å². The highest BCUT2D eigenvalue weighted by Gasteiger charge is 2.28. The number of aryl methyl sites for hydroxylation is 2. The smallest absolute Gasteiger partial charge is 0.203 e. The standard InChI is InChI=1S/C16H18FN5/c1-21-14-7-11(17)5-6-13(14)20-16(21)18-9-15-12(10-3-4-10)8-19-22(15)2/h5-8,10H,3-4,9H2,1-2H3,(H,18,20). The molecule has 3 aromatic rings. The Balaban J connectivity index is 1.62. The van der Waals surface area contributed by atoms with Gasteiger partial charge in [-0.15, -0.1) is 0 Å². The average Bonchev–Trinajstić information content (AvgIpc) is 3.22. The zero-order valence-electron chi connectivity index (χ0n) is 12.7. The van der Waals surface area contributed by atoms with Crippen LogP contribution in [-0.4, -0.2) is 19.3 Å². The summed E-state index contributed by atoms with van der Waals surface area (Å²) in [6, 6.07) is 4.65. The molecule has 1 saturated carbocycles. The molecule has 0 spiro atoms. The number of nitrogens with zero attached hydrogens (tertiary/aromatic N) is 4. The number of fused-ring (bicyclic) bond motifs is 1. The fourth-order valence-electron chi connectivity index (χ4n) is 2.92. The lowest BCUT2D eigenvalue weighted by molar-refractivity contribution is 0.629. The Morgan fingerprint density at radius 1 is 1.32 bits per heavy atom. The van der Waals surface area contributed by atoms with Crippen molar-refractivity contribution in [3.63, 3.8) is 0 Å². The van der Waals surface area contributed by atoms with E-state index in [9.17, 15) is 4.39 Å². The lowest BCUT2D eigenvalue weighted by Crippen LogP contribution is -2.10. The molecule has 4 rings (SSSR count). The van der Waals surface area contributed by atoms with Crippen LogP contribution in [0.15, 0.2) is 24.4 Å². The third-order valence-electron chi connectivity index (χ3n) is 4.37. The summed E-state index contributed by atoms with van der Waals surface area (Å²) >= 11 is 0. The Kier molecular flexibility index (Phi) is 2.92. The number of benzene rings is 1. The number of rotatable bonds is 4. The van der Waals surface area contributed by atoms with Crippen LogP contribution in [0.1, 0.15) is 30.0 Å². The molecule has 1 aliphatic carbocycles. The topological polar surface area (TPSA) is 47.7 Å². The molecule has 22 heavy (non-hydrogen) atoms. The van der Waals surface area contributed by atoms with Crippen molar-refractivity contribution in [2.45, 2.75) is 25.3 Å². The van der Waals surface area contributed by atoms with Crippen molar-refractivity contribution < 1.29 is 4.39 Å². The zero-order valence-corrected chi connectivity index (χ0v) is 12.7. The van der Waals surface area contributed by atoms with Crippen LogP contribution >= 0.6 is 0 Å². The highest BCUT2D eigenvalue weighted by molar-refractivity contribution is 5.78. The minimum absolute atomic E-state index is 0.246. The number of aromatic nitrogens is 4. The molecule has 1 aliphatic rings. The Hall–Kier alpha value is -2.37. The second-order valence-corrected chi connectivity index (χ2v) is 5.93. The average molecular weight is 299 g/mol. The Morgan fingerprint density at radius 2 is 2.14 bits per heavy atom. The predicted octanol–water partition coefficient (Wildman–Crippen LogP) is 2.94. The quantitative estimate of drug-likeness (QED) is 0.806. The minimum Gasteiger partial charge on any atom is -0.350 e. The van der Waals surface area contributed by atoms with Gasteiger partial charge in [0.05, 0.1) is 29.5 Å². The lowest BCUT2D eigenvalue weighted by Gasteiger charge is -2.09. The Morgan fingerprint density at radius 3 is 2.91 bits per heavy atom. The van der Waals surface area contributed by atoms with Crippen LogP contribution in [0.5, 0.6) is 0 Å². The van der Waals surface area contributed by atoms with Crippen molar-refractivity contribution >= 4 is 17.0 Å².